The molecule has 162 valence electrons. The maximum atomic E-state index is 12.3. The van der Waals surface area contributed by atoms with Gasteiger partial charge in [-0.25, -0.2) is 4.98 Å². The average molecular weight is 414 g/mol. The van der Waals surface area contributed by atoms with Crippen LogP contribution in [0.25, 0.3) is 0 Å². The Balaban J connectivity index is 1.87. The number of aliphatic hydroxyl groups excluding tert-OH is 1. The van der Waals surface area contributed by atoms with Crippen molar-refractivity contribution in [3.8, 4) is 17.4 Å². The van der Waals surface area contributed by atoms with Crippen molar-refractivity contribution in [1.29, 1.82) is 0 Å². The van der Waals surface area contributed by atoms with Gasteiger partial charge in [0, 0.05) is 24.8 Å². The minimum atomic E-state index is -0.104. The third-order valence-corrected chi connectivity index (χ3v) is 5.05. The summed E-state index contributed by atoms with van der Waals surface area (Å²) in [6, 6.07) is 11.5. The molecule has 3 rings (SSSR count). The van der Waals surface area contributed by atoms with E-state index in [0.29, 0.717) is 30.5 Å². The van der Waals surface area contributed by atoms with Crippen LogP contribution in [0, 0.1) is 5.41 Å². The van der Waals surface area contributed by atoms with Gasteiger partial charge < -0.3 is 19.9 Å². The maximum Gasteiger partial charge on any atom is 0.234 e. The summed E-state index contributed by atoms with van der Waals surface area (Å²) >= 11 is 0. The summed E-state index contributed by atoms with van der Waals surface area (Å²) < 4.78 is 12.3. The van der Waals surface area contributed by atoms with Gasteiger partial charge in [-0.3, -0.25) is 9.69 Å². The Morgan fingerprint density at radius 1 is 1.23 bits per heavy atom. The molecule has 0 fully saturated rings. The van der Waals surface area contributed by atoms with Gasteiger partial charge in [-0.15, -0.1) is 0 Å². The molecular weight excluding hydrogens is 382 g/mol. The molecule has 30 heavy (non-hydrogen) atoms. The largest absolute Gasteiger partial charge is 0.489 e. The van der Waals surface area contributed by atoms with Crippen LogP contribution in [0.15, 0.2) is 42.6 Å². The molecule has 2 heterocycles. The van der Waals surface area contributed by atoms with Crippen molar-refractivity contribution in [2.24, 2.45) is 5.41 Å². The molecule has 1 aromatic heterocycles. The van der Waals surface area contributed by atoms with Crippen LogP contribution < -0.4 is 14.8 Å². The minimum absolute atomic E-state index is 0.0168. The second-order valence-corrected chi connectivity index (χ2v) is 8.36. The van der Waals surface area contributed by atoms with Crippen LogP contribution >= 0.6 is 0 Å². The van der Waals surface area contributed by atoms with Crippen LogP contribution in [0.2, 0.25) is 0 Å². The highest BCUT2D eigenvalue weighted by Crippen LogP contribution is 2.34. The first-order chi connectivity index (χ1) is 14.5. The summed E-state index contributed by atoms with van der Waals surface area (Å²) in [5.41, 5.74) is 0.887. The highest BCUT2D eigenvalue weighted by Gasteiger charge is 2.23. The molecule has 0 atom stereocenters. The molecule has 0 saturated heterocycles. The van der Waals surface area contributed by atoms with Gasteiger partial charge in [0.2, 0.25) is 11.8 Å². The lowest BCUT2D eigenvalue weighted by atomic mass is 9.88. The third kappa shape index (κ3) is 6.43. The van der Waals surface area contributed by atoms with Crippen molar-refractivity contribution in [2.75, 3.05) is 32.8 Å². The number of carbonyl (C=O) groups is 1. The number of benzene rings is 1. The topological polar surface area (TPSA) is 83.9 Å². The van der Waals surface area contributed by atoms with E-state index in [2.05, 4.69) is 29.0 Å². The van der Waals surface area contributed by atoms with E-state index in [4.69, 9.17) is 14.6 Å². The molecule has 2 N–H and O–H groups in total. The first-order valence-electron chi connectivity index (χ1n) is 10.4. The molecule has 7 nitrogen and oxygen atoms in total. The first-order valence-corrected chi connectivity index (χ1v) is 10.4. The normalized spacial score (nSPS) is 17.0. The first kappa shape index (κ1) is 22.1. The highest BCUT2D eigenvalue weighted by atomic mass is 16.5. The van der Waals surface area contributed by atoms with Crippen molar-refractivity contribution in [3.05, 3.63) is 48.2 Å². The number of nitrogens with zero attached hydrogens (tertiary/aromatic N) is 2. The second kappa shape index (κ2) is 10.4. The summed E-state index contributed by atoms with van der Waals surface area (Å²) in [6.45, 7) is 6.68. The van der Waals surface area contributed by atoms with Crippen LogP contribution in [0.1, 0.15) is 32.3 Å². The number of nitrogens with one attached hydrogen (secondary N) is 1. The van der Waals surface area contributed by atoms with Gasteiger partial charge in [-0.05, 0) is 43.0 Å². The number of carbonyl (C=O) groups excluding carboxylic acids is 1. The zero-order valence-electron chi connectivity index (χ0n) is 17.8. The van der Waals surface area contributed by atoms with Gasteiger partial charge in [0.15, 0.2) is 11.5 Å². The lowest BCUT2D eigenvalue weighted by Gasteiger charge is -2.27. The molecular formula is C23H31N3O4. The lowest BCUT2D eigenvalue weighted by molar-refractivity contribution is -0.122. The van der Waals surface area contributed by atoms with Gasteiger partial charge in [0.05, 0.1) is 19.8 Å². The van der Waals surface area contributed by atoms with Gasteiger partial charge >= 0.3 is 0 Å². The number of rotatable bonds is 4. The fourth-order valence-corrected chi connectivity index (χ4v) is 3.43. The molecule has 1 amide bonds. The molecule has 0 bridgehead atoms. The number of pyridine rings is 1. The molecule has 0 spiro atoms. The predicted octanol–water partition coefficient (Wildman–Crippen LogP) is 2.98. The Hall–Kier alpha value is -2.64. The van der Waals surface area contributed by atoms with E-state index in [-0.39, 0.29) is 31.0 Å². The monoisotopic (exact) mass is 413 g/mol. The average Bonchev–Trinajstić information content (AvgIpc) is 2.73. The van der Waals surface area contributed by atoms with Crippen LogP contribution in [-0.2, 0) is 11.3 Å². The van der Waals surface area contributed by atoms with Crippen molar-refractivity contribution >= 4 is 5.91 Å². The number of hydrogen-bond acceptors (Lipinski definition) is 6. The molecule has 2 aromatic rings. The molecule has 0 aliphatic carbocycles. The van der Waals surface area contributed by atoms with E-state index in [1.807, 2.05) is 36.4 Å². The van der Waals surface area contributed by atoms with Crippen molar-refractivity contribution in [3.63, 3.8) is 0 Å². The van der Waals surface area contributed by atoms with Crippen LogP contribution in [0.3, 0.4) is 0 Å². The second-order valence-electron chi connectivity index (χ2n) is 8.36. The molecule has 0 radical (unpaired) electrons. The summed E-state index contributed by atoms with van der Waals surface area (Å²) in [7, 11) is 0. The molecule has 1 aliphatic rings. The van der Waals surface area contributed by atoms with Crippen LogP contribution in [-0.4, -0.2) is 53.7 Å². The van der Waals surface area contributed by atoms with Crippen LogP contribution in [0.4, 0.5) is 0 Å². The summed E-state index contributed by atoms with van der Waals surface area (Å²) in [5.74, 6) is 1.72. The number of hydrogen-bond donors (Lipinski definition) is 2. The number of aliphatic hydroxyl groups is 1. The Kier molecular flexibility index (Phi) is 7.65. The number of para-hydroxylation sites is 2. The highest BCUT2D eigenvalue weighted by molar-refractivity contribution is 5.78. The van der Waals surface area contributed by atoms with Crippen molar-refractivity contribution in [1.82, 2.24) is 15.2 Å². The Morgan fingerprint density at radius 2 is 2.03 bits per heavy atom. The van der Waals surface area contributed by atoms with Gasteiger partial charge in [0.1, 0.15) is 0 Å². The van der Waals surface area contributed by atoms with E-state index in [1.54, 1.807) is 6.20 Å². The molecule has 0 saturated carbocycles. The van der Waals surface area contributed by atoms with E-state index >= 15 is 0 Å². The zero-order chi connectivity index (χ0) is 21.4. The number of amides is 1. The van der Waals surface area contributed by atoms with E-state index < -0.39 is 0 Å². The van der Waals surface area contributed by atoms with Gasteiger partial charge in [-0.1, -0.05) is 32.0 Å². The summed E-state index contributed by atoms with van der Waals surface area (Å²) in [6.07, 6.45) is 3.59. The Bertz CT molecular complexity index is 841. The Labute approximate surface area is 178 Å². The third-order valence-electron chi connectivity index (χ3n) is 5.05. The van der Waals surface area contributed by atoms with Crippen molar-refractivity contribution < 1.29 is 19.4 Å². The predicted molar refractivity (Wildman–Crippen MR) is 115 cm³/mol. The van der Waals surface area contributed by atoms with E-state index in [1.165, 1.54) is 0 Å². The van der Waals surface area contributed by atoms with Crippen LogP contribution in [0.5, 0.6) is 17.4 Å². The number of aromatic nitrogens is 1. The zero-order valence-corrected chi connectivity index (χ0v) is 17.8. The molecule has 1 aliphatic heterocycles. The maximum absolute atomic E-state index is 12.3. The summed E-state index contributed by atoms with van der Waals surface area (Å²) in [5, 5.41) is 11.7. The summed E-state index contributed by atoms with van der Waals surface area (Å²) in [4.78, 5) is 18.8. The standard InChI is InChI=1S/C23H31N3O4/c1-23(2)10-6-13-26(16-21(28)24-12-14-27)15-18-7-5-11-25-22(18)30-20-9-4-3-8-19(20)29-17-23/h3-5,7-9,11,27H,6,10,12-17H2,1-2H3,(H,24,28). The number of ether oxygens (including phenoxy) is 2. The SMILES string of the molecule is CC1(C)CCCN(CC(=O)NCCO)Cc2cccnc2Oc2ccccc2OC1. The minimum Gasteiger partial charge on any atom is -0.489 e. The fourth-order valence-electron chi connectivity index (χ4n) is 3.43. The van der Waals surface area contributed by atoms with E-state index in [9.17, 15) is 4.79 Å². The van der Waals surface area contributed by atoms with Gasteiger partial charge in [0.25, 0.3) is 0 Å². The van der Waals surface area contributed by atoms with Crippen molar-refractivity contribution in [2.45, 2.75) is 33.2 Å². The van der Waals surface area contributed by atoms with Gasteiger partial charge in [-0.2, -0.15) is 0 Å². The lowest BCUT2D eigenvalue weighted by Crippen LogP contribution is -2.38. The van der Waals surface area contributed by atoms with E-state index in [0.717, 1.165) is 24.9 Å². The molecule has 0 unspecified atom stereocenters. The molecule has 1 aromatic carbocycles. The molecule has 7 heteroatoms. The smallest absolute Gasteiger partial charge is 0.234 e. The fraction of sp³-hybridized carbons (Fsp3) is 0.478. The number of fused-ring (bicyclic) bond motifs is 2. The quantitative estimate of drug-likeness (QED) is 0.802. The Morgan fingerprint density at radius 3 is 2.83 bits per heavy atom.